The lowest BCUT2D eigenvalue weighted by molar-refractivity contribution is -0.190. The number of fused-ring (bicyclic) bond motifs is 1. The van der Waals surface area contributed by atoms with Gasteiger partial charge in [0, 0.05) is 44.2 Å². The molecule has 13 nitrogen and oxygen atoms in total. The summed E-state index contributed by atoms with van der Waals surface area (Å²) >= 11 is 0. The van der Waals surface area contributed by atoms with E-state index in [4.69, 9.17) is 28.8 Å². The Hall–Kier alpha value is -3.78. The van der Waals surface area contributed by atoms with Crippen molar-refractivity contribution in [2.45, 2.75) is 147 Å². The molecule has 3 rings (SSSR count). The van der Waals surface area contributed by atoms with Gasteiger partial charge in [-0.2, -0.15) is 0 Å². The molecule has 2 amide bonds. The van der Waals surface area contributed by atoms with Crippen LogP contribution in [0.3, 0.4) is 0 Å². The van der Waals surface area contributed by atoms with Crippen molar-refractivity contribution in [1.82, 2.24) is 10.6 Å². The number of unbranched alkanes of at least 4 members (excludes halogenated alkanes) is 4. The van der Waals surface area contributed by atoms with Gasteiger partial charge in [0.2, 0.25) is 11.8 Å². The maximum atomic E-state index is 13.5. The predicted octanol–water partition coefficient (Wildman–Crippen LogP) is 5.27. The van der Waals surface area contributed by atoms with Crippen molar-refractivity contribution in [1.29, 1.82) is 0 Å². The lowest BCUT2D eigenvalue weighted by Gasteiger charge is -2.31. The number of amides is 2. The number of carbonyl (C=O) groups excluding carboxylic acids is 4. The second-order valence-electron chi connectivity index (χ2n) is 14.9. The van der Waals surface area contributed by atoms with E-state index in [2.05, 4.69) is 24.5 Å². The van der Waals surface area contributed by atoms with Crippen LogP contribution in [0.15, 0.2) is 42.2 Å². The summed E-state index contributed by atoms with van der Waals surface area (Å²) in [7, 11) is 0. The van der Waals surface area contributed by atoms with Crippen LogP contribution in [0.4, 0.5) is 0 Å². The number of rotatable bonds is 23. The molecule has 1 aromatic carbocycles. The monoisotopic (exact) mass is 758 g/mol. The van der Waals surface area contributed by atoms with E-state index in [1.165, 1.54) is 6.26 Å². The van der Waals surface area contributed by atoms with Crippen LogP contribution in [0, 0.1) is 0 Å². The summed E-state index contributed by atoms with van der Waals surface area (Å²) in [5.41, 5.74) is 0.858. The highest BCUT2D eigenvalue weighted by Gasteiger charge is 2.52. The van der Waals surface area contributed by atoms with Crippen molar-refractivity contribution in [2.75, 3.05) is 26.4 Å². The molecule has 4 atom stereocenters. The smallest absolute Gasteiger partial charge is 0.338 e. The third kappa shape index (κ3) is 15.2. The predicted molar refractivity (Wildman–Crippen MR) is 203 cm³/mol. The Morgan fingerprint density at radius 2 is 1.67 bits per heavy atom. The first-order valence-corrected chi connectivity index (χ1v) is 19.5. The summed E-state index contributed by atoms with van der Waals surface area (Å²) < 4.78 is 29.9. The molecule has 1 heterocycles. The Balaban J connectivity index is 1.69. The SMILES string of the molecule is CCCCCC1(CCCCC)OC2C=C(C(=O)NCCC(=O)NC(CO)CCC(=O)OC(C)(C)C)CC(OC(=O)c3ccc(C=COCCO)cc3)C2O1. The molecule has 0 bridgehead atoms. The number of nitrogens with one attached hydrogen (secondary N) is 2. The molecule has 2 aliphatic rings. The molecule has 13 heteroatoms. The fourth-order valence-electron chi connectivity index (χ4n) is 6.38. The van der Waals surface area contributed by atoms with Crippen LogP contribution in [-0.2, 0) is 38.1 Å². The second-order valence-corrected chi connectivity index (χ2v) is 14.9. The summed E-state index contributed by atoms with van der Waals surface area (Å²) in [6.07, 6.45) is 10.5. The Labute approximate surface area is 320 Å². The minimum Gasteiger partial charge on any atom is -0.499 e. The zero-order valence-electron chi connectivity index (χ0n) is 32.7. The van der Waals surface area contributed by atoms with E-state index in [-0.39, 0.29) is 52.0 Å². The van der Waals surface area contributed by atoms with Crippen molar-refractivity contribution < 1.29 is 53.1 Å². The molecule has 0 saturated carbocycles. The van der Waals surface area contributed by atoms with Gasteiger partial charge in [0.15, 0.2) is 5.79 Å². The maximum absolute atomic E-state index is 13.5. The Morgan fingerprint density at radius 1 is 0.981 bits per heavy atom. The minimum absolute atomic E-state index is 0.0198. The van der Waals surface area contributed by atoms with Crippen LogP contribution in [0.2, 0.25) is 0 Å². The lowest BCUT2D eigenvalue weighted by atomic mass is 9.91. The molecular weight excluding hydrogens is 696 g/mol. The van der Waals surface area contributed by atoms with Crippen molar-refractivity contribution >= 4 is 29.8 Å². The van der Waals surface area contributed by atoms with E-state index in [1.54, 1.807) is 57.2 Å². The zero-order chi connectivity index (χ0) is 39.6. The topological polar surface area (TPSA) is 179 Å². The molecule has 0 spiro atoms. The summed E-state index contributed by atoms with van der Waals surface area (Å²) in [6, 6.07) is 6.15. The van der Waals surface area contributed by atoms with Crippen molar-refractivity contribution in [2.24, 2.45) is 0 Å². The van der Waals surface area contributed by atoms with Crippen molar-refractivity contribution in [3.05, 3.63) is 53.3 Å². The molecule has 4 N–H and O–H groups in total. The van der Waals surface area contributed by atoms with Gasteiger partial charge in [-0.05, 0) is 69.9 Å². The summed E-state index contributed by atoms with van der Waals surface area (Å²) in [5.74, 6) is -2.64. The number of carbonyl (C=O) groups is 4. The number of ether oxygens (including phenoxy) is 5. The first-order chi connectivity index (χ1) is 25.8. The second kappa shape index (κ2) is 22.6. The van der Waals surface area contributed by atoms with Gasteiger partial charge in [0.1, 0.15) is 30.5 Å². The molecule has 0 radical (unpaired) electrons. The number of aliphatic hydroxyl groups excluding tert-OH is 2. The van der Waals surface area contributed by atoms with Crippen LogP contribution < -0.4 is 10.6 Å². The van der Waals surface area contributed by atoms with Crippen LogP contribution in [0.25, 0.3) is 6.08 Å². The van der Waals surface area contributed by atoms with Gasteiger partial charge in [-0.3, -0.25) is 14.4 Å². The fraction of sp³-hybridized carbons (Fsp3) is 0.659. The van der Waals surface area contributed by atoms with Gasteiger partial charge in [-0.25, -0.2) is 4.79 Å². The van der Waals surface area contributed by atoms with E-state index in [0.717, 1.165) is 44.1 Å². The first-order valence-electron chi connectivity index (χ1n) is 19.5. The van der Waals surface area contributed by atoms with E-state index >= 15 is 0 Å². The third-order valence-corrected chi connectivity index (χ3v) is 9.10. The summed E-state index contributed by atoms with van der Waals surface area (Å²) in [5, 5.41) is 24.1. The molecule has 54 heavy (non-hydrogen) atoms. The average molecular weight is 759 g/mol. The van der Waals surface area contributed by atoms with Gasteiger partial charge in [0.05, 0.1) is 31.1 Å². The molecule has 302 valence electrons. The highest BCUT2D eigenvalue weighted by atomic mass is 16.8. The fourth-order valence-corrected chi connectivity index (χ4v) is 6.38. The molecule has 1 aliphatic heterocycles. The van der Waals surface area contributed by atoms with Gasteiger partial charge < -0.3 is 44.5 Å². The summed E-state index contributed by atoms with van der Waals surface area (Å²) in [4.78, 5) is 51.7. The Bertz CT molecular complexity index is 1390. The number of aliphatic hydroxyl groups is 2. The molecule has 0 aromatic heterocycles. The highest BCUT2D eigenvalue weighted by molar-refractivity contribution is 5.94. The number of hydrogen-bond donors (Lipinski definition) is 4. The van der Waals surface area contributed by atoms with Crippen LogP contribution in [-0.4, -0.2) is 96.1 Å². The van der Waals surface area contributed by atoms with Gasteiger partial charge >= 0.3 is 11.9 Å². The molecule has 1 saturated heterocycles. The minimum atomic E-state index is -0.857. The maximum Gasteiger partial charge on any atom is 0.338 e. The van der Waals surface area contributed by atoms with Crippen molar-refractivity contribution in [3.8, 4) is 0 Å². The molecular formula is C41H62N2O11. The molecule has 1 fully saturated rings. The first kappa shape index (κ1) is 44.6. The number of benzene rings is 1. The van der Waals surface area contributed by atoms with Crippen LogP contribution in [0.1, 0.15) is 128 Å². The molecule has 1 aliphatic carbocycles. The van der Waals surface area contributed by atoms with Crippen LogP contribution >= 0.6 is 0 Å². The van der Waals surface area contributed by atoms with E-state index in [1.807, 2.05) is 0 Å². The lowest BCUT2D eigenvalue weighted by Crippen LogP contribution is -2.44. The normalized spacial score (nSPS) is 19.8. The Morgan fingerprint density at radius 3 is 2.28 bits per heavy atom. The van der Waals surface area contributed by atoms with E-state index < -0.39 is 59.5 Å². The highest BCUT2D eigenvalue weighted by Crippen LogP contribution is 2.43. The number of hydrogen-bond acceptors (Lipinski definition) is 11. The summed E-state index contributed by atoms with van der Waals surface area (Å²) in [6.45, 7) is 9.34. The standard InChI is InChI=1S/C41H62N2O11/c1-6-8-10-20-41(21-11-9-7-2)52-34-27-31(38(48)42-22-18-35(46)43-32(28-45)16-17-36(47)53-40(3,4)5)26-33(37(34)54-41)51-39(49)30-14-12-29(13-15-30)19-24-50-25-23-44/h12-15,19,24,27,32-34,37,44-45H,6-11,16-18,20-23,25-26,28H2,1-5H3,(H,42,48)(H,43,46). The zero-order valence-corrected chi connectivity index (χ0v) is 32.7. The van der Waals surface area contributed by atoms with E-state index in [9.17, 15) is 24.3 Å². The Kier molecular flexibility index (Phi) is 18.6. The van der Waals surface area contributed by atoms with Crippen LogP contribution in [0.5, 0.6) is 0 Å². The average Bonchev–Trinajstić information content (AvgIpc) is 3.50. The largest absolute Gasteiger partial charge is 0.499 e. The number of esters is 2. The van der Waals surface area contributed by atoms with Gasteiger partial charge in [-0.1, -0.05) is 51.7 Å². The molecule has 4 unspecified atom stereocenters. The van der Waals surface area contributed by atoms with Gasteiger partial charge in [0.25, 0.3) is 0 Å². The molecule has 1 aromatic rings. The van der Waals surface area contributed by atoms with Gasteiger partial charge in [-0.15, -0.1) is 0 Å². The van der Waals surface area contributed by atoms with E-state index in [0.29, 0.717) is 24.0 Å². The quantitative estimate of drug-likeness (QED) is 0.0650. The van der Waals surface area contributed by atoms with Crippen molar-refractivity contribution in [3.63, 3.8) is 0 Å². The third-order valence-electron chi connectivity index (χ3n) is 9.10.